The van der Waals surface area contributed by atoms with Gasteiger partial charge in [0.25, 0.3) is 0 Å². The number of sulfonamides is 1. The number of rotatable bonds is 3. The van der Waals surface area contributed by atoms with Gasteiger partial charge in [-0.2, -0.15) is 26.2 Å². The van der Waals surface area contributed by atoms with Crippen LogP contribution in [0.5, 0.6) is 0 Å². The van der Waals surface area contributed by atoms with E-state index < -0.39 is 28.0 Å². The molecule has 0 N–H and O–H groups in total. The second-order valence-electron chi connectivity index (χ2n) is 5.88. The Morgan fingerprint density at radius 2 is 1.85 bits per heavy atom. The summed E-state index contributed by atoms with van der Waals surface area (Å²) in [6.07, 6.45) is -4.62. The topological polar surface area (TPSA) is 83.5 Å². The van der Waals surface area contributed by atoms with Gasteiger partial charge in [0, 0.05) is 26.2 Å². The molecule has 0 spiro atoms. The highest BCUT2D eigenvalue weighted by molar-refractivity contribution is 7.89. The molecule has 1 atom stereocenters. The third-order valence-corrected chi connectivity index (χ3v) is 6.75. The zero-order chi connectivity index (χ0) is 19.1. The molecule has 12 heteroatoms. The zero-order valence-electron chi connectivity index (χ0n) is 13.6. The van der Waals surface area contributed by atoms with Gasteiger partial charge in [-0.25, -0.2) is 8.42 Å². The van der Waals surface area contributed by atoms with Crippen LogP contribution in [0, 0.1) is 5.92 Å². The minimum absolute atomic E-state index is 0.00665. The van der Waals surface area contributed by atoms with Gasteiger partial charge in [-0.1, -0.05) is 6.07 Å². The van der Waals surface area contributed by atoms with Crippen LogP contribution in [0.3, 0.4) is 0 Å². The van der Waals surface area contributed by atoms with E-state index in [1.54, 1.807) is 12.1 Å². The van der Waals surface area contributed by atoms with Gasteiger partial charge in [0.2, 0.25) is 15.9 Å². The lowest BCUT2D eigenvalue weighted by molar-refractivity contribution is -0.186. The molecule has 1 aliphatic rings. The summed E-state index contributed by atoms with van der Waals surface area (Å²) in [5.74, 6) is -3.15. The number of piperazine rings is 1. The predicted octanol–water partition coefficient (Wildman–Crippen LogP) is 1.72. The number of benzene rings is 1. The maximum Gasteiger partial charge on any atom is 0.400 e. The van der Waals surface area contributed by atoms with Gasteiger partial charge < -0.3 is 4.90 Å². The van der Waals surface area contributed by atoms with Gasteiger partial charge in [0.15, 0.2) is 0 Å². The van der Waals surface area contributed by atoms with E-state index in [1.165, 1.54) is 6.07 Å². The van der Waals surface area contributed by atoms with Crippen molar-refractivity contribution in [1.82, 2.24) is 18.0 Å². The number of fused-ring (bicyclic) bond motifs is 1. The molecular formula is C14H15F3N4O3S2. The minimum atomic E-state index is -4.62. The van der Waals surface area contributed by atoms with Crippen molar-refractivity contribution >= 4 is 38.7 Å². The van der Waals surface area contributed by atoms with E-state index in [1.807, 2.05) is 0 Å². The van der Waals surface area contributed by atoms with Crippen molar-refractivity contribution in [3.63, 3.8) is 0 Å². The number of halogens is 3. The van der Waals surface area contributed by atoms with Gasteiger partial charge in [-0.05, 0) is 19.1 Å². The van der Waals surface area contributed by atoms with Crippen molar-refractivity contribution in [1.29, 1.82) is 0 Å². The molecule has 26 heavy (non-hydrogen) atoms. The molecule has 2 heterocycles. The van der Waals surface area contributed by atoms with Crippen LogP contribution >= 0.6 is 11.7 Å². The van der Waals surface area contributed by atoms with Crippen molar-refractivity contribution in [2.24, 2.45) is 5.92 Å². The fraction of sp³-hybridized carbons (Fsp3) is 0.500. The number of hydrogen-bond donors (Lipinski definition) is 0. The van der Waals surface area contributed by atoms with Crippen LogP contribution in [0.25, 0.3) is 11.0 Å². The summed E-state index contributed by atoms with van der Waals surface area (Å²) < 4.78 is 72.9. The van der Waals surface area contributed by atoms with Gasteiger partial charge in [-0.15, -0.1) is 0 Å². The Hall–Kier alpha value is -1.79. The number of carbonyl (C=O) groups excluding carboxylic acids is 1. The van der Waals surface area contributed by atoms with Crippen LogP contribution in [0.4, 0.5) is 13.2 Å². The largest absolute Gasteiger partial charge is 0.400 e. The Kier molecular flexibility index (Phi) is 4.92. The van der Waals surface area contributed by atoms with Crippen molar-refractivity contribution in [3.05, 3.63) is 18.2 Å². The molecule has 1 amide bonds. The normalized spacial score (nSPS) is 18.2. The molecule has 1 unspecified atom stereocenters. The van der Waals surface area contributed by atoms with Crippen LogP contribution in [0.1, 0.15) is 6.92 Å². The average Bonchev–Trinajstić information content (AvgIpc) is 3.08. The molecule has 0 aliphatic carbocycles. The molecule has 0 saturated carbocycles. The van der Waals surface area contributed by atoms with E-state index in [4.69, 9.17) is 0 Å². The summed E-state index contributed by atoms with van der Waals surface area (Å²) in [6, 6.07) is 4.62. The summed E-state index contributed by atoms with van der Waals surface area (Å²) in [5.41, 5.74) is 0.727. The van der Waals surface area contributed by atoms with Crippen LogP contribution < -0.4 is 0 Å². The van der Waals surface area contributed by atoms with Crippen molar-refractivity contribution in [2.45, 2.75) is 18.0 Å². The number of amides is 1. The lowest BCUT2D eigenvalue weighted by Gasteiger charge is -2.35. The Bertz CT molecular complexity index is 921. The first-order chi connectivity index (χ1) is 12.1. The fourth-order valence-electron chi connectivity index (χ4n) is 2.69. The second-order valence-corrected chi connectivity index (χ2v) is 8.32. The number of carbonyl (C=O) groups is 1. The van der Waals surface area contributed by atoms with Gasteiger partial charge >= 0.3 is 6.18 Å². The summed E-state index contributed by atoms with van der Waals surface area (Å²) in [6.45, 7) is 0.466. The third-order valence-electron chi connectivity index (χ3n) is 4.28. The molecule has 3 rings (SSSR count). The highest BCUT2D eigenvalue weighted by atomic mass is 32.2. The van der Waals surface area contributed by atoms with E-state index in [2.05, 4.69) is 8.75 Å². The molecule has 1 aliphatic heterocycles. The monoisotopic (exact) mass is 408 g/mol. The minimum Gasteiger partial charge on any atom is -0.340 e. The smallest absolute Gasteiger partial charge is 0.340 e. The molecular weight excluding hydrogens is 393 g/mol. The summed E-state index contributed by atoms with van der Waals surface area (Å²) >= 11 is 0.897. The molecule has 1 aromatic heterocycles. The SMILES string of the molecule is CC(C(=O)N1CCN(S(=O)(=O)c2cccc3nsnc23)CC1)C(F)(F)F. The molecule has 0 radical (unpaired) electrons. The van der Waals surface area contributed by atoms with E-state index in [-0.39, 0.29) is 36.6 Å². The molecule has 0 bridgehead atoms. The zero-order valence-corrected chi connectivity index (χ0v) is 15.2. The average molecular weight is 408 g/mol. The van der Waals surface area contributed by atoms with Gasteiger partial charge in [-0.3, -0.25) is 4.79 Å². The predicted molar refractivity (Wildman–Crippen MR) is 88.0 cm³/mol. The third kappa shape index (κ3) is 3.40. The first-order valence-corrected chi connectivity index (χ1v) is 9.86. The van der Waals surface area contributed by atoms with Crippen molar-refractivity contribution in [3.8, 4) is 0 Å². The van der Waals surface area contributed by atoms with E-state index in [0.717, 1.165) is 27.9 Å². The lowest BCUT2D eigenvalue weighted by Crippen LogP contribution is -2.53. The number of nitrogens with zero attached hydrogens (tertiary/aromatic N) is 4. The Morgan fingerprint density at radius 1 is 1.19 bits per heavy atom. The second kappa shape index (κ2) is 6.74. The summed E-state index contributed by atoms with van der Waals surface area (Å²) in [7, 11) is -3.88. The molecule has 2 aromatic rings. The van der Waals surface area contributed by atoms with Crippen LogP contribution in [-0.2, 0) is 14.8 Å². The fourth-order valence-corrected chi connectivity index (χ4v) is 4.87. The number of alkyl halides is 3. The first-order valence-electron chi connectivity index (χ1n) is 7.69. The Balaban J connectivity index is 1.75. The molecule has 1 saturated heterocycles. The van der Waals surface area contributed by atoms with Gasteiger partial charge in [0.1, 0.15) is 21.8 Å². The molecule has 142 valence electrons. The standard InChI is InChI=1S/C14H15F3N4O3S2/c1-9(14(15,16)17)13(22)20-5-7-21(8-6-20)26(23,24)11-4-2-3-10-12(11)19-25-18-10/h2-4,9H,5-8H2,1H3. The maximum absolute atomic E-state index is 12.8. The lowest BCUT2D eigenvalue weighted by atomic mass is 10.1. The molecule has 7 nitrogen and oxygen atoms in total. The van der Waals surface area contributed by atoms with Crippen LogP contribution in [0.15, 0.2) is 23.1 Å². The van der Waals surface area contributed by atoms with E-state index >= 15 is 0 Å². The van der Waals surface area contributed by atoms with Crippen LogP contribution in [-0.4, -0.2) is 64.6 Å². The Morgan fingerprint density at radius 3 is 2.46 bits per heavy atom. The Labute approximate surface area is 151 Å². The van der Waals surface area contributed by atoms with Crippen LogP contribution in [0.2, 0.25) is 0 Å². The van der Waals surface area contributed by atoms with E-state index in [0.29, 0.717) is 5.52 Å². The van der Waals surface area contributed by atoms with Gasteiger partial charge in [0.05, 0.1) is 11.7 Å². The highest BCUT2D eigenvalue weighted by Crippen LogP contribution is 2.29. The first kappa shape index (κ1) is 19.0. The number of hydrogen-bond acceptors (Lipinski definition) is 6. The van der Waals surface area contributed by atoms with Crippen molar-refractivity contribution in [2.75, 3.05) is 26.2 Å². The number of aromatic nitrogens is 2. The maximum atomic E-state index is 12.8. The molecule has 1 fully saturated rings. The quantitative estimate of drug-likeness (QED) is 0.772. The van der Waals surface area contributed by atoms with E-state index in [9.17, 15) is 26.4 Å². The highest BCUT2D eigenvalue weighted by Gasteiger charge is 2.44. The van der Waals surface area contributed by atoms with Crippen molar-refractivity contribution < 1.29 is 26.4 Å². The summed E-state index contributed by atoms with van der Waals surface area (Å²) in [4.78, 5) is 13.0. The summed E-state index contributed by atoms with van der Waals surface area (Å²) in [5, 5.41) is 0. The molecule has 1 aromatic carbocycles.